The summed E-state index contributed by atoms with van der Waals surface area (Å²) < 4.78 is 11.9. The molecule has 3 heteroatoms. The van der Waals surface area contributed by atoms with Crippen LogP contribution in [0, 0.1) is 0 Å². The Hall–Kier alpha value is -1.84. The lowest BCUT2D eigenvalue weighted by molar-refractivity contribution is 0.00578. The monoisotopic (exact) mass is 306 g/mol. The molecule has 118 valence electrons. The fourth-order valence-electron chi connectivity index (χ4n) is 2.57. The third-order valence-electron chi connectivity index (χ3n) is 4.74. The lowest BCUT2D eigenvalue weighted by Gasteiger charge is -2.32. The zero-order valence-corrected chi connectivity index (χ0v) is 14.2. The smallest absolute Gasteiger partial charge is 0.400 e. The second kappa shape index (κ2) is 5.99. The van der Waals surface area contributed by atoms with Gasteiger partial charge in [-0.05, 0) is 44.4 Å². The van der Waals surface area contributed by atoms with Crippen molar-refractivity contribution >= 4 is 13.2 Å². The van der Waals surface area contributed by atoms with Gasteiger partial charge in [0.25, 0.3) is 0 Å². The van der Waals surface area contributed by atoms with Crippen molar-refractivity contribution < 1.29 is 9.31 Å². The molecule has 1 heterocycles. The van der Waals surface area contributed by atoms with E-state index in [1.807, 2.05) is 12.0 Å². The van der Waals surface area contributed by atoms with Crippen molar-refractivity contribution in [1.82, 2.24) is 0 Å². The Morgan fingerprint density at radius 1 is 0.739 bits per heavy atom. The molecule has 0 N–H and O–H groups in total. The number of benzene rings is 2. The average molecular weight is 306 g/mol. The van der Waals surface area contributed by atoms with Gasteiger partial charge in [-0.25, -0.2) is 0 Å². The first-order chi connectivity index (χ1) is 10.9. The van der Waals surface area contributed by atoms with Gasteiger partial charge in [0.1, 0.15) is 0 Å². The molecule has 23 heavy (non-hydrogen) atoms. The van der Waals surface area contributed by atoms with Crippen LogP contribution in [0.5, 0.6) is 0 Å². The minimum atomic E-state index is -0.297. The maximum atomic E-state index is 5.97. The lowest BCUT2D eigenvalue weighted by Crippen LogP contribution is -2.41. The fourth-order valence-corrected chi connectivity index (χ4v) is 2.57. The average Bonchev–Trinajstić information content (AvgIpc) is 2.74. The van der Waals surface area contributed by atoms with E-state index in [0.29, 0.717) is 0 Å². The number of rotatable bonds is 3. The highest BCUT2D eigenvalue weighted by molar-refractivity contribution is 6.52. The molecule has 0 aromatic heterocycles. The van der Waals surface area contributed by atoms with Crippen LogP contribution >= 0.6 is 0 Å². The molecule has 1 aliphatic rings. The van der Waals surface area contributed by atoms with Crippen LogP contribution in [0.3, 0.4) is 0 Å². The summed E-state index contributed by atoms with van der Waals surface area (Å²) in [7, 11) is -0.297. The van der Waals surface area contributed by atoms with Crippen LogP contribution < -0.4 is 0 Å². The molecule has 0 atom stereocenters. The van der Waals surface area contributed by atoms with E-state index in [9.17, 15) is 0 Å². The Labute approximate surface area is 139 Å². The van der Waals surface area contributed by atoms with Crippen molar-refractivity contribution in [3.05, 3.63) is 66.1 Å². The van der Waals surface area contributed by atoms with Crippen molar-refractivity contribution in [2.75, 3.05) is 0 Å². The first kappa shape index (κ1) is 16.0. The highest BCUT2D eigenvalue weighted by Gasteiger charge is 2.49. The van der Waals surface area contributed by atoms with Crippen LogP contribution in [-0.2, 0) is 9.31 Å². The molecule has 2 aromatic rings. The first-order valence-corrected chi connectivity index (χ1v) is 8.07. The van der Waals surface area contributed by atoms with Crippen molar-refractivity contribution in [3.8, 4) is 11.1 Å². The second-order valence-corrected chi connectivity index (χ2v) is 6.97. The Bertz CT molecular complexity index is 671. The van der Waals surface area contributed by atoms with Gasteiger partial charge in [0, 0.05) is 0 Å². The first-order valence-electron chi connectivity index (χ1n) is 8.07. The van der Waals surface area contributed by atoms with Gasteiger partial charge in [-0.1, -0.05) is 66.6 Å². The molecule has 3 rings (SSSR count). The van der Waals surface area contributed by atoms with Crippen molar-refractivity contribution in [1.29, 1.82) is 0 Å². The molecule has 1 saturated heterocycles. The molecule has 0 amide bonds. The topological polar surface area (TPSA) is 18.5 Å². The molecule has 2 nitrogen and oxygen atoms in total. The van der Waals surface area contributed by atoms with Crippen LogP contribution in [-0.4, -0.2) is 18.3 Å². The summed E-state index contributed by atoms with van der Waals surface area (Å²) in [6, 6.07) is 18.9. The molecule has 0 radical (unpaired) electrons. The lowest BCUT2D eigenvalue weighted by atomic mass is 9.89. The minimum absolute atomic E-state index is 0.292. The van der Waals surface area contributed by atoms with E-state index in [1.54, 1.807) is 0 Å². The SMILES string of the molecule is CC1(C)OB(C=Cc2ccc(-c3ccccc3)cc2)OC1(C)C. The number of hydrogen-bond acceptors (Lipinski definition) is 2. The predicted octanol–water partition coefficient (Wildman–Crippen LogP) is 5.00. The van der Waals surface area contributed by atoms with Crippen LogP contribution in [0.15, 0.2) is 60.6 Å². The zero-order chi connectivity index (χ0) is 16.5. The van der Waals surface area contributed by atoms with Gasteiger partial charge in [0.15, 0.2) is 0 Å². The summed E-state index contributed by atoms with van der Waals surface area (Å²) in [5.74, 6) is 1.98. The molecule has 1 aliphatic heterocycles. The van der Waals surface area contributed by atoms with Gasteiger partial charge >= 0.3 is 7.12 Å². The summed E-state index contributed by atoms with van der Waals surface area (Å²) in [6.07, 6.45) is 2.05. The van der Waals surface area contributed by atoms with Crippen LogP contribution in [0.1, 0.15) is 33.3 Å². The maximum Gasteiger partial charge on any atom is 0.487 e. The maximum absolute atomic E-state index is 5.97. The molecule has 2 aromatic carbocycles. The van der Waals surface area contributed by atoms with Crippen LogP contribution in [0.2, 0.25) is 0 Å². The Morgan fingerprint density at radius 3 is 1.83 bits per heavy atom. The van der Waals surface area contributed by atoms with E-state index in [-0.39, 0.29) is 18.3 Å². The van der Waals surface area contributed by atoms with Crippen molar-refractivity contribution in [2.24, 2.45) is 0 Å². The summed E-state index contributed by atoms with van der Waals surface area (Å²) in [5.41, 5.74) is 3.00. The fraction of sp³-hybridized carbons (Fsp3) is 0.300. The van der Waals surface area contributed by atoms with E-state index in [2.05, 4.69) is 82.3 Å². The van der Waals surface area contributed by atoms with Gasteiger partial charge < -0.3 is 9.31 Å². The van der Waals surface area contributed by atoms with Crippen LogP contribution in [0.25, 0.3) is 17.2 Å². The van der Waals surface area contributed by atoms with Crippen molar-refractivity contribution in [3.63, 3.8) is 0 Å². The molecule has 1 fully saturated rings. The molecule has 0 aliphatic carbocycles. The van der Waals surface area contributed by atoms with Crippen molar-refractivity contribution in [2.45, 2.75) is 38.9 Å². The molecule has 0 unspecified atom stereocenters. The second-order valence-electron chi connectivity index (χ2n) is 6.97. The highest BCUT2D eigenvalue weighted by atomic mass is 16.7. The molecule has 0 spiro atoms. The van der Waals surface area contributed by atoms with Gasteiger partial charge in [0.2, 0.25) is 0 Å². The molecule has 0 saturated carbocycles. The summed E-state index contributed by atoms with van der Waals surface area (Å²) >= 11 is 0. The Balaban J connectivity index is 1.70. The molecule has 0 bridgehead atoms. The van der Waals surface area contributed by atoms with Gasteiger partial charge in [-0.15, -0.1) is 0 Å². The van der Waals surface area contributed by atoms with Crippen LogP contribution in [0.4, 0.5) is 0 Å². The predicted molar refractivity (Wildman–Crippen MR) is 97.0 cm³/mol. The van der Waals surface area contributed by atoms with Gasteiger partial charge in [-0.3, -0.25) is 0 Å². The van der Waals surface area contributed by atoms with E-state index >= 15 is 0 Å². The van der Waals surface area contributed by atoms with E-state index in [0.717, 1.165) is 5.56 Å². The molecular formula is C20H23BO2. The standard InChI is InChI=1S/C20H23BO2/c1-19(2)20(3,4)23-21(22-19)15-14-16-10-12-18(13-11-16)17-8-6-5-7-9-17/h5-15H,1-4H3. The zero-order valence-electron chi connectivity index (χ0n) is 14.2. The normalized spacial score (nSPS) is 19.4. The molecular weight excluding hydrogens is 283 g/mol. The van der Waals surface area contributed by atoms with E-state index in [1.165, 1.54) is 11.1 Å². The highest BCUT2D eigenvalue weighted by Crippen LogP contribution is 2.37. The van der Waals surface area contributed by atoms with E-state index in [4.69, 9.17) is 9.31 Å². The summed E-state index contributed by atoms with van der Waals surface area (Å²) in [4.78, 5) is 0. The van der Waals surface area contributed by atoms with Gasteiger partial charge in [-0.2, -0.15) is 0 Å². The Morgan fingerprint density at radius 2 is 1.26 bits per heavy atom. The minimum Gasteiger partial charge on any atom is -0.400 e. The largest absolute Gasteiger partial charge is 0.487 e. The third-order valence-corrected chi connectivity index (χ3v) is 4.74. The number of hydrogen-bond donors (Lipinski definition) is 0. The third kappa shape index (κ3) is 3.41. The summed E-state index contributed by atoms with van der Waals surface area (Å²) in [5, 5.41) is 0. The quantitative estimate of drug-likeness (QED) is 0.743. The Kier molecular flexibility index (Phi) is 4.18. The summed E-state index contributed by atoms with van der Waals surface area (Å²) in [6.45, 7) is 8.26. The van der Waals surface area contributed by atoms with E-state index < -0.39 is 0 Å². The van der Waals surface area contributed by atoms with Gasteiger partial charge in [0.05, 0.1) is 11.2 Å².